The van der Waals surface area contributed by atoms with Crippen molar-refractivity contribution in [2.45, 2.75) is 12.8 Å². The van der Waals surface area contributed by atoms with Crippen LogP contribution in [-0.2, 0) is 4.79 Å². The Labute approximate surface area is 121 Å². The lowest BCUT2D eigenvalue weighted by Gasteiger charge is -2.17. The van der Waals surface area contributed by atoms with E-state index in [9.17, 15) is 9.18 Å². The lowest BCUT2D eigenvalue weighted by atomic mass is 10.3. The van der Waals surface area contributed by atoms with Gasteiger partial charge in [-0.3, -0.25) is 4.79 Å². The van der Waals surface area contributed by atoms with E-state index in [0.29, 0.717) is 5.69 Å². The van der Waals surface area contributed by atoms with Crippen LogP contribution in [-0.4, -0.2) is 34.0 Å². The normalized spacial score (nSPS) is 14.5. The molecule has 1 N–H and O–H groups in total. The number of nitrogens with zero attached hydrogens (tertiary/aromatic N) is 1. The largest absolute Gasteiger partial charge is 0.358 e. The molecule has 1 aliphatic heterocycles. The minimum atomic E-state index is -0.363. The summed E-state index contributed by atoms with van der Waals surface area (Å²) in [5.41, 5.74) is 0.470. The van der Waals surface area contributed by atoms with Crippen molar-refractivity contribution in [3.05, 3.63) is 30.1 Å². The first kappa shape index (κ1) is 14.3. The Hall–Kier alpha value is -1.14. The van der Waals surface area contributed by atoms with Gasteiger partial charge in [-0.1, -0.05) is 30.0 Å². The molecular weight excluding hydrogens is 283 g/mol. The van der Waals surface area contributed by atoms with Gasteiger partial charge in [0.15, 0.2) is 0 Å². The van der Waals surface area contributed by atoms with Crippen LogP contribution in [0.2, 0.25) is 0 Å². The summed E-state index contributed by atoms with van der Waals surface area (Å²) in [5, 5.41) is 2.65. The number of nitrogens with one attached hydrogen (secondary N) is 1. The topological polar surface area (TPSA) is 32.3 Å². The van der Waals surface area contributed by atoms with Crippen molar-refractivity contribution in [2.75, 3.05) is 24.2 Å². The van der Waals surface area contributed by atoms with Crippen LogP contribution in [0.3, 0.4) is 0 Å². The van der Waals surface area contributed by atoms with Crippen molar-refractivity contribution < 1.29 is 9.18 Å². The van der Waals surface area contributed by atoms with E-state index in [1.807, 2.05) is 0 Å². The number of thiocarbonyl (C=S) groups is 1. The Balaban J connectivity index is 1.76. The maximum Gasteiger partial charge on any atom is 0.234 e. The van der Waals surface area contributed by atoms with E-state index in [-0.39, 0.29) is 17.5 Å². The molecule has 1 fully saturated rings. The Kier molecular flexibility index (Phi) is 5.15. The van der Waals surface area contributed by atoms with Gasteiger partial charge in [0.2, 0.25) is 5.91 Å². The van der Waals surface area contributed by atoms with Gasteiger partial charge in [0, 0.05) is 18.8 Å². The maximum absolute atomic E-state index is 13.0. The Morgan fingerprint density at radius 2 is 2.16 bits per heavy atom. The first-order chi connectivity index (χ1) is 9.15. The number of rotatable bonds is 3. The Morgan fingerprint density at radius 1 is 1.42 bits per heavy atom. The third kappa shape index (κ3) is 4.47. The Morgan fingerprint density at radius 3 is 2.84 bits per heavy atom. The van der Waals surface area contributed by atoms with E-state index in [2.05, 4.69) is 10.2 Å². The number of halogens is 1. The molecule has 1 saturated heterocycles. The smallest absolute Gasteiger partial charge is 0.234 e. The molecule has 6 heteroatoms. The number of anilines is 1. The van der Waals surface area contributed by atoms with Crippen molar-refractivity contribution in [1.82, 2.24) is 4.90 Å². The van der Waals surface area contributed by atoms with Crippen LogP contribution in [0, 0.1) is 5.82 Å². The fraction of sp³-hybridized carbons (Fsp3) is 0.385. The summed E-state index contributed by atoms with van der Waals surface area (Å²) in [6.45, 7) is 1.97. The zero-order valence-corrected chi connectivity index (χ0v) is 12.0. The van der Waals surface area contributed by atoms with Crippen LogP contribution in [0.25, 0.3) is 0 Å². The average Bonchev–Trinajstić information content (AvgIpc) is 2.90. The monoisotopic (exact) mass is 298 g/mol. The number of hydrogen-bond donors (Lipinski definition) is 1. The van der Waals surface area contributed by atoms with Crippen LogP contribution in [0.1, 0.15) is 12.8 Å². The summed E-state index contributed by atoms with van der Waals surface area (Å²) in [6.07, 6.45) is 2.33. The molecule has 1 aliphatic rings. The highest BCUT2D eigenvalue weighted by Crippen LogP contribution is 2.16. The lowest BCUT2D eigenvalue weighted by molar-refractivity contribution is -0.113. The summed E-state index contributed by atoms with van der Waals surface area (Å²) < 4.78 is 13.7. The molecule has 0 radical (unpaired) electrons. The van der Waals surface area contributed by atoms with E-state index >= 15 is 0 Å². The number of carbonyl (C=O) groups is 1. The van der Waals surface area contributed by atoms with Gasteiger partial charge in [-0.15, -0.1) is 0 Å². The molecule has 1 amide bonds. The number of hydrogen-bond acceptors (Lipinski definition) is 3. The second kappa shape index (κ2) is 6.86. The SMILES string of the molecule is O=C(CSC(=S)N1CCCC1)Nc1cccc(F)c1. The Bertz CT molecular complexity index is 475. The quantitative estimate of drug-likeness (QED) is 0.870. The zero-order valence-electron chi connectivity index (χ0n) is 10.4. The molecule has 0 atom stereocenters. The van der Waals surface area contributed by atoms with E-state index in [1.165, 1.54) is 23.9 Å². The predicted octanol–water partition coefficient (Wildman–Crippen LogP) is 2.88. The second-order valence-corrected chi connectivity index (χ2v) is 5.92. The molecule has 2 rings (SSSR count). The first-order valence-electron chi connectivity index (χ1n) is 6.12. The number of thioether (sulfide) groups is 1. The summed E-state index contributed by atoms with van der Waals surface area (Å²) in [6, 6.07) is 5.85. The number of amides is 1. The average molecular weight is 298 g/mol. The highest BCUT2D eigenvalue weighted by atomic mass is 32.2. The van der Waals surface area contributed by atoms with Crippen molar-refractivity contribution in [1.29, 1.82) is 0 Å². The summed E-state index contributed by atoms with van der Waals surface area (Å²) in [5.74, 6) is -0.276. The van der Waals surface area contributed by atoms with Gasteiger partial charge < -0.3 is 10.2 Å². The molecule has 0 unspecified atom stereocenters. The van der Waals surface area contributed by atoms with Crippen LogP contribution in [0.15, 0.2) is 24.3 Å². The van der Waals surface area contributed by atoms with Gasteiger partial charge in [-0.25, -0.2) is 4.39 Å². The van der Waals surface area contributed by atoms with E-state index < -0.39 is 0 Å². The third-order valence-corrected chi connectivity index (χ3v) is 4.32. The van der Waals surface area contributed by atoms with Crippen LogP contribution in [0.5, 0.6) is 0 Å². The molecular formula is C13H15FN2OS2. The summed E-state index contributed by atoms with van der Waals surface area (Å²) >= 11 is 6.62. The van der Waals surface area contributed by atoms with Gasteiger partial charge in [0.25, 0.3) is 0 Å². The summed E-state index contributed by atoms with van der Waals surface area (Å²) in [7, 11) is 0. The predicted molar refractivity (Wildman–Crippen MR) is 80.9 cm³/mol. The van der Waals surface area contributed by atoms with Crippen molar-refractivity contribution in [3.8, 4) is 0 Å². The molecule has 1 aromatic rings. The van der Waals surface area contributed by atoms with Crippen molar-refractivity contribution in [3.63, 3.8) is 0 Å². The number of likely N-dealkylation sites (tertiary alicyclic amines) is 1. The van der Waals surface area contributed by atoms with E-state index in [4.69, 9.17) is 12.2 Å². The van der Waals surface area contributed by atoms with Crippen LogP contribution >= 0.6 is 24.0 Å². The highest BCUT2D eigenvalue weighted by Gasteiger charge is 2.16. The summed E-state index contributed by atoms with van der Waals surface area (Å²) in [4.78, 5) is 13.8. The number of benzene rings is 1. The third-order valence-electron chi connectivity index (χ3n) is 2.80. The van der Waals surface area contributed by atoms with Gasteiger partial charge in [0.05, 0.1) is 5.75 Å². The molecule has 3 nitrogen and oxygen atoms in total. The van der Waals surface area contributed by atoms with Gasteiger partial charge in [0.1, 0.15) is 10.1 Å². The van der Waals surface area contributed by atoms with E-state index in [0.717, 1.165) is 30.3 Å². The standard InChI is InChI=1S/C13H15FN2OS2/c14-10-4-3-5-11(8-10)15-12(17)9-19-13(18)16-6-1-2-7-16/h3-5,8H,1-2,6-7,9H2,(H,15,17). The fourth-order valence-electron chi connectivity index (χ4n) is 1.88. The molecule has 0 spiro atoms. The minimum Gasteiger partial charge on any atom is -0.358 e. The molecule has 1 aromatic carbocycles. The van der Waals surface area contributed by atoms with Gasteiger partial charge >= 0.3 is 0 Å². The minimum absolute atomic E-state index is 0.169. The molecule has 19 heavy (non-hydrogen) atoms. The second-order valence-electron chi connectivity index (χ2n) is 4.31. The van der Waals surface area contributed by atoms with E-state index in [1.54, 1.807) is 12.1 Å². The van der Waals surface area contributed by atoms with Crippen molar-refractivity contribution in [2.24, 2.45) is 0 Å². The highest BCUT2D eigenvalue weighted by molar-refractivity contribution is 8.23. The van der Waals surface area contributed by atoms with Gasteiger partial charge in [-0.05, 0) is 31.0 Å². The molecule has 0 aromatic heterocycles. The molecule has 0 saturated carbocycles. The van der Waals surface area contributed by atoms with Crippen molar-refractivity contribution >= 4 is 39.9 Å². The zero-order chi connectivity index (χ0) is 13.7. The molecule has 102 valence electrons. The van der Waals surface area contributed by atoms with Crippen LogP contribution in [0.4, 0.5) is 10.1 Å². The fourth-order valence-corrected chi connectivity index (χ4v) is 2.93. The van der Waals surface area contributed by atoms with Gasteiger partial charge in [-0.2, -0.15) is 0 Å². The molecule has 0 aliphatic carbocycles. The van der Waals surface area contributed by atoms with Crippen LogP contribution < -0.4 is 5.32 Å². The first-order valence-corrected chi connectivity index (χ1v) is 7.51. The lowest BCUT2D eigenvalue weighted by Crippen LogP contribution is -2.25. The maximum atomic E-state index is 13.0. The molecule has 1 heterocycles. The molecule has 0 bridgehead atoms. The number of carbonyl (C=O) groups excluding carboxylic acids is 1.